The van der Waals surface area contributed by atoms with Gasteiger partial charge < -0.3 is 4.90 Å². The Morgan fingerprint density at radius 2 is 1.04 bits per heavy atom. The van der Waals surface area contributed by atoms with Crippen LogP contribution < -0.4 is 4.90 Å². The van der Waals surface area contributed by atoms with Gasteiger partial charge in [-0.1, -0.05) is 129 Å². The Hall–Kier alpha value is -5.66. The van der Waals surface area contributed by atoms with Crippen LogP contribution in [0.15, 0.2) is 158 Å². The molecule has 0 aliphatic heterocycles. The van der Waals surface area contributed by atoms with E-state index < -0.39 is 0 Å². The van der Waals surface area contributed by atoms with Gasteiger partial charge >= 0.3 is 0 Å². The highest BCUT2D eigenvalue weighted by Gasteiger charge is 2.36. The molecule has 9 rings (SSSR count). The molecule has 47 heavy (non-hydrogen) atoms. The molecule has 0 aromatic heterocycles. The molecule has 0 radical (unpaired) electrons. The summed E-state index contributed by atoms with van der Waals surface area (Å²) in [5, 5.41) is 7.57. The van der Waals surface area contributed by atoms with Crippen molar-refractivity contribution in [2.45, 2.75) is 26.2 Å². The topological polar surface area (TPSA) is 3.24 Å². The predicted octanol–water partition coefficient (Wildman–Crippen LogP) is 12.9. The summed E-state index contributed by atoms with van der Waals surface area (Å²) >= 11 is 0. The zero-order valence-electron chi connectivity index (χ0n) is 27.0. The summed E-state index contributed by atoms with van der Waals surface area (Å²) in [6.07, 6.45) is 0. The van der Waals surface area contributed by atoms with E-state index in [1.54, 1.807) is 0 Å². The van der Waals surface area contributed by atoms with E-state index in [0.717, 1.165) is 11.4 Å². The van der Waals surface area contributed by atoms with Crippen molar-refractivity contribution < 1.29 is 0 Å². The third kappa shape index (κ3) is 4.38. The monoisotopic (exact) mass is 601 g/mol. The molecule has 0 saturated heterocycles. The highest BCUT2D eigenvalue weighted by atomic mass is 15.1. The summed E-state index contributed by atoms with van der Waals surface area (Å²) in [6, 6.07) is 58.5. The van der Waals surface area contributed by atoms with E-state index in [1.807, 2.05) is 0 Å². The van der Waals surface area contributed by atoms with Crippen LogP contribution in [0.5, 0.6) is 0 Å². The summed E-state index contributed by atoms with van der Waals surface area (Å²) in [5.41, 5.74) is 12.5. The second-order valence-corrected chi connectivity index (χ2v) is 13.5. The number of nitrogens with zero attached hydrogens (tertiary/aromatic N) is 1. The average Bonchev–Trinajstić information content (AvgIpc) is 3.32. The van der Waals surface area contributed by atoms with E-state index >= 15 is 0 Å². The van der Waals surface area contributed by atoms with E-state index in [1.165, 1.54) is 76.9 Å². The molecule has 0 heterocycles. The third-order valence-corrected chi connectivity index (χ3v) is 10.3. The van der Waals surface area contributed by atoms with Gasteiger partial charge in [-0.15, -0.1) is 0 Å². The minimum Gasteiger partial charge on any atom is -0.310 e. The number of hydrogen-bond acceptors (Lipinski definition) is 1. The van der Waals surface area contributed by atoms with Crippen LogP contribution in [0.3, 0.4) is 0 Å². The summed E-state index contributed by atoms with van der Waals surface area (Å²) in [5.74, 6) is 0. The van der Waals surface area contributed by atoms with Crippen molar-refractivity contribution in [3.05, 3.63) is 174 Å². The molecular formula is C46H35N. The Morgan fingerprint density at radius 3 is 1.81 bits per heavy atom. The second-order valence-electron chi connectivity index (χ2n) is 13.5. The molecule has 0 spiro atoms. The normalized spacial score (nSPS) is 13.2. The second kappa shape index (κ2) is 10.4. The highest BCUT2D eigenvalue weighted by molar-refractivity contribution is 6.07. The minimum atomic E-state index is -0.131. The molecule has 0 bridgehead atoms. The predicted molar refractivity (Wildman–Crippen MR) is 201 cm³/mol. The van der Waals surface area contributed by atoms with Gasteiger partial charge in [-0.2, -0.15) is 0 Å². The van der Waals surface area contributed by atoms with Gasteiger partial charge in [0.15, 0.2) is 0 Å². The van der Waals surface area contributed by atoms with Gasteiger partial charge in [0.1, 0.15) is 0 Å². The lowest BCUT2D eigenvalue weighted by atomic mass is 9.81. The Balaban J connectivity index is 1.30. The average molecular weight is 602 g/mol. The zero-order chi connectivity index (χ0) is 31.7. The summed E-state index contributed by atoms with van der Waals surface area (Å²) in [4.78, 5) is 2.46. The summed E-state index contributed by atoms with van der Waals surface area (Å²) in [7, 11) is 0. The van der Waals surface area contributed by atoms with Gasteiger partial charge in [0.25, 0.3) is 0 Å². The van der Waals surface area contributed by atoms with Gasteiger partial charge in [0.05, 0.1) is 5.69 Å². The lowest BCUT2D eigenvalue weighted by molar-refractivity contribution is 0.661. The molecule has 1 heteroatoms. The van der Waals surface area contributed by atoms with Crippen LogP contribution in [0.25, 0.3) is 54.6 Å². The first-order chi connectivity index (χ1) is 23.0. The molecule has 0 fully saturated rings. The lowest BCUT2D eigenvalue weighted by Gasteiger charge is -2.30. The van der Waals surface area contributed by atoms with E-state index in [9.17, 15) is 0 Å². The van der Waals surface area contributed by atoms with Crippen LogP contribution in [-0.4, -0.2) is 0 Å². The lowest BCUT2D eigenvalue weighted by Crippen LogP contribution is -2.17. The largest absolute Gasteiger partial charge is 0.310 e. The van der Waals surface area contributed by atoms with Crippen LogP contribution in [0.1, 0.15) is 30.5 Å². The molecule has 0 amide bonds. The van der Waals surface area contributed by atoms with E-state index in [4.69, 9.17) is 0 Å². The van der Waals surface area contributed by atoms with Crippen molar-refractivity contribution in [2.75, 3.05) is 4.90 Å². The van der Waals surface area contributed by atoms with Gasteiger partial charge in [0.2, 0.25) is 0 Å². The first-order valence-electron chi connectivity index (χ1n) is 16.5. The summed E-state index contributed by atoms with van der Waals surface area (Å²) in [6.45, 7) is 6.91. The SMILES string of the molecule is Cc1ccc(N(c2ccc3c(c2)C(C)(C)c2cc4ccccc4cc2-3)c2ccc3ccccc3c2-c2ccc3ccccc3c2)cc1. The molecule has 0 atom stereocenters. The maximum absolute atomic E-state index is 2.46. The smallest absolute Gasteiger partial charge is 0.0546 e. The number of benzene rings is 8. The van der Waals surface area contributed by atoms with E-state index in [0.29, 0.717) is 0 Å². The number of rotatable bonds is 4. The number of fused-ring (bicyclic) bond motifs is 6. The van der Waals surface area contributed by atoms with E-state index in [-0.39, 0.29) is 5.41 Å². The van der Waals surface area contributed by atoms with Crippen molar-refractivity contribution in [1.82, 2.24) is 0 Å². The molecule has 1 nitrogen and oxygen atoms in total. The summed E-state index contributed by atoms with van der Waals surface area (Å²) < 4.78 is 0. The van der Waals surface area contributed by atoms with Gasteiger partial charge in [0, 0.05) is 22.4 Å². The Labute approximate surface area is 276 Å². The fourth-order valence-electron chi connectivity index (χ4n) is 7.76. The first kappa shape index (κ1) is 27.6. The quantitative estimate of drug-likeness (QED) is 0.194. The molecule has 8 aromatic rings. The minimum absolute atomic E-state index is 0.131. The molecule has 224 valence electrons. The van der Waals surface area contributed by atoms with Crippen molar-refractivity contribution in [2.24, 2.45) is 0 Å². The molecule has 0 N–H and O–H groups in total. The van der Waals surface area contributed by atoms with Crippen LogP contribution in [0.4, 0.5) is 17.1 Å². The van der Waals surface area contributed by atoms with Gasteiger partial charge in [-0.3, -0.25) is 0 Å². The standard InChI is InChI=1S/C46H35N/c1-30-16-21-37(22-17-30)47(38-23-24-40-41-27-34-13-6-7-14-35(34)28-42(41)46(2,3)43(40)29-38)44-25-20-32-11-8-9-15-39(32)45(44)36-19-18-31-10-4-5-12-33(31)26-36/h4-29H,1-3H3. The van der Waals surface area contributed by atoms with Crippen molar-refractivity contribution >= 4 is 49.4 Å². The maximum Gasteiger partial charge on any atom is 0.0546 e. The van der Waals surface area contributed by atoms with Crippen LogP contribution in [0.2, 0.25) is 0 Å². The van der Waals surface area contributed by atoms with Crippen LogP contribution in [0, 0.1) is 6.92 Å². The highest BCUT2D eigenvalue weighted by Crippen LogP contribution is 2.52. The fourth-order valence-corrected chi connectivity index (χ4v) is 7.76. The Morgan fingerprint density at radius 1 is 0.447 bits per heavy atom. The van der Waals surface area contributed by atoms with Crippen LogP contribution >= 0.6 is 0 Å². The molecule has 1 aliphatic carbocycles. The van der Waals surface area contributed by atoms with Gasteiger partial charge in [-0.25, -0.2) is 0 Å². The molecule has 0 saturated carbocycles. The Bertz CT molecular complexity index is 2500. The Kier molecular flexibility index (Phi) is 6.14. The number of aryl methyl sites for hydroxylation is 1. The van der Waals surface area contributed by atoms with E-state index in [2.05, 4.69) is 183 Å². The number of hydrogen-bond donors (Lipinski definition) is 0. The fraction of sp³-hybridized carbons (Fsp3) is 0.0870. The maximum atomic E-state index is 2.46. The van der Waals surface area contributed by atoms with Crippen molar-refractivity contribution in [3.63, 3.8) is 0 Å². The molecule has 0 unspecified atom stereocenters. The molecule has 1 aliphatic rings. The van der Waals surface area contributed by atoms with Crippen molar-refractivity contribution in [1.29, 1.82) is 0 Å². The third-order valence-electron chi connectivity index (χ3n) is 10.3. The zero-order valence-corrected chi connectivity index (χ0v) is 27.0. The molecule has 8 aromatic carbocycles. The first-order valence-corrected chi connectivity index (χ1v) is 16.5. The molecular weight excluding hydrogens is 567 g/mol. The number of anilines is 3. The van der Waals surface area contributed by atoms with Gasteiger partial charge in [-0.05, 0) is 116 Å². The van der Waals surface area contributed by atoms with Crippen LogP contribution in [-0.2, 0) is 5.41 Å². The van der Waals surface area contributed by atoms with Crippen molar-refractivity contribution in [3.8, 4) is 22.3 Å².